The van der Waals surface area contributed by atoms with Crippen molar-refractivity contribution in [1.82, 2.24) is 20.2 Å². The summed E-state index contributed by atoms with van der Waals surface area (Å²) in [4.78, 5) is 37.8. The summed E-state index contributed by atoms with van der Waals surface area (Å²) >= 11 is 1.55. The van der Waals surface area contributed by atoms with Crippen molar-refractivity contribution in [3.05, 3.63) is 70.8 Å². The van der Waals surface area contributed by atoms with E-state index in [2.05, 4.69) is 15.2 Å². The summed E-state index contributed by atoms with van der Waals surface area (Å²) in [7, 11) is 0. The minimum Gasteiger partial charge on any atom is -0.467 e. The van der Waals surface area contributed by atoms with Crippen molar-refractivity contribution in [3.8, 4) is 0 Å². The van der Waals surface area contributed by atoms with Crippen molar-refractivity contribution in [2.75, 3.05) is 31.1 Å². The number of thioether (sulfide) groups is 1. The molecule has 2 aromatic heterocycles. The normalized spacial score (nSPS) is 13.7. The van der Waals surface area contributed by atoms with Crippen molar-refractivity contribution in [1.29, 1.82) is 0 Å². The third-order valence-corrected chi connectivity index (χ3v) is 6.85. The molecule has 1 aliphatic rings. The Morgan fingerprint density at radius 1 is 1.09 bits per heavy atom. The molecule has 34 heavy (non-hydrogen) atoms. The van der Waals surface area contributed by atoms with Crippen LogP contribution in [-0.4, -0.2) is 52.9 Å². The average molecular weight is 480 g/mol. The molecular weight excluding hydrogens is 450 g/mol. The molecule has 1 aliphatic heterocycles. The van der Waals surface area contributed by atoms with Crippen molar-refractivity contribution >= 4 is 29.4 Å². The molecule has 9 heteroatoms. The van der Waals surface area contributed by atoms with Crippen LogP contribution in [0, 0.1) is 13.8 Å². The first-order chi connectivity index (χ1) is 16.4. The van der Waals surface area contributed by atoms with Crippen molar-refractivity contribution in [3.63, 3.8) is 0 Å². The van der Waals surface area contributed by atoms with E-state index in [-0.39, 0.29) is 11.8 Å². The van der Waals surface area contributed by atoms with Gasteiger partial charge >= 0.3 is 0 Å². The molecule has 3 aromatic rings. The van der Waals surface area contributed by atoms with Crippen molar-refractivity contribution < 1.29 is 14.0 Å². The number of piperazine rings is 1. The summed E-state index contributed by atoms with van der Waals surface area (Å²) in [5.74, 6) is 2.27. The Hall–Kier alpha value is -3.33. The van der Waals surface area contributed by atoms with Gasteiger partial charge in [-0.1, -0.05) is 23.9 Å². The van der Waals surface area contributed by atoms with E-state index in [9.17, 15) is 9.59 Å². The number of furan rings is 1. The SMILES string of the molecule is CC(=O)N1CCN(c2nc(SCc3cccc(C(=O)NCc4ccco4)c3)nc(C)c2C)CC1. The molecule has 0 spiro atoms. The van der Waals surface area contributed by atoms with Gasteiger partial charge in [-0.05, 0) is 43.7 Å². The number of aromatic nitrogens is 2. The highest BCUT2D eigenvalue weighted by atomic mass is 32.2. The smallest absolute Gasteiger partial charge is 0.251 e. The van der Waals surface area contributed by atoms with E-state index in [1.807, 2.05) is 43.0 Å². The zero-order valence-electron chi connectivity index (χ0n) is 19.7. The number of rotatable bonds is 7. The minimum atomic E-state index is -0.141. The molecule has 4 rings (SSSR count). The summed E-state index contributed by atoms with van der Waals surface area (Å²) in [6.07, 6.45) is 1.59. The predicted molar refractivity (Wildman–Crippen MR) is 132 cm³/mol. The molecule has 0 unspecified atom stereocenters. The maximum atomic E-state index is 12.5. The number of nitrogens with one attached hydrogen (secondary N) is 1. The van der Waals surface area contributed by atoms with E-state index in [1.54, 1.807) is 37.1 Å². The number of carbonyl (C=O) groups is 2. The Labute approximate surface area is 203 Å². The molecule has 0 atom stereocenters. The van der Waals surface area contributed by atoms with Crippen LogP contribution in [0.25, 0.3) is 0 Å². The van der Waals surface area contributed by atoms with E-state index in [1.165, 1.54) is 0 Å². The maximum absolute atomic E-state index is 12.5. The summed E-state index contributed by atoms with van der Waals surface area (Å²) in [6.45, 7) is 8.94. The van der Waals surface area contributed by atoms with Gasteiger partial charge in [0.15, 0.2) is 5.16 Å². The number of aryl methyl sites for hydroxylation is 1. The summed E-state index contributed by atoms with van der Waals surface area (Å²) in [5, 5.41) is 3.58. The predicted octanol–water partition coefficient (Wildman–Crippen LogP) is 3.58. The topological polar surface area (TPSA) is 91.6 Å². The molecule has 3 heterocycles. The fraction of sp³-hybridized carbons (Fsp3) is 0.360. The Kier molecular flexibility index (Phi) is 7.52. The summed E-state index contributed by atoms with van der Waals surface area (Å²) in [6, 6.07) is 11.2. The largest absolute Gasteiger partial charge is 0.467 e. The molecule has 0 radical (unpaired) electrons. The zero-order valence-corrected chi connectivity index (χ0v) is 20.5. The monoisotopic (exact) mass is 479 g/mol. The van der Waals surface area contributed by atoms with Gasteiger partial charge in [0.1, 0.15) is 11.6 Å². The van der Waals surface area contributed by atoms with Crippen LogP contribution in [0.2, 0.25) is 0 Å². The van der Waals surface area contributed by atoms with E-state index >= 15 is 0 Å². The zero-order chi connectivity index (χ0) is 24.1. The summed E-state index contributed by atoms with van der Waals surface area (Å²) in [5.41, 5.74) is 3.65. The molecular formula is C25H29N5O3S. The van der Waals surface area contributed by atoms with Crippen LogP contribution in [0.4, 0.5) is 5.82 Å². The standard InChI is InChI=1S/C25H29N5O3S/c1-17-18(2)27-25(28-23(17)30-11-9-29(10-12-30)19(3)31)34-16-20-6-4-7-21(14-20)24(32)26-15-22-8-5-13-33-22/h4-8,13-14H,9-12,15-16H2,1-3H3,(H,26,32). The molecule has 8 nitrogen and oxygen atoms in total. The van der Waals surface area contributed by atoms with Crippen molar-refractivity contribution in [2.24, 2.45) is 0 Å². The van der Waals surface area contributed by atoms with Crippen LogP contribution in [-0.2, 0) is 17.1 Å². The second-order valence-corrected chi connectivity index (χ2v) is 9.23. The average Bonchev–Trinajstić information content (AvgIpc) is 3.37. The van der Waals surface area contributed by atoms with E-state index < -0.39 is 0 Å². The number of benzene rings is 1. The van der Waals surface area contributed by atoms with Gasteiger partial charge in [0.2, 0.25) is 5.91 Å². The number of nitrogens with zero attached hydrogens (tertiary/aromatic N) is 4. The second-order valence-electron chi connectivity index (χ2n) is 8.28. The second kappa shape index (κ2) is 10.7. The van der Waals surface area contributed by atoms with Gasteiger partial charge in [-0.2, -0.15) is 0 Å². The lowest BCUT2D eigenvalue weighted by molar-refractivity contribution is -0.129. The summed E-state index contributed by atoms with van der Waals surface area (Å²) < 4.78 is 5.27. The number of carbonyl (C=O) groups excluding carboxylic acids is 2. The number of anilines is 1. The quantitative estimate of drug-likeness (QED) is 0.409. The first kappa shape index (κ1) is 23.8. The molecule has 1 aromatic carbocycles. The van der Waals surface area contributed by atoms with Crippen molar-refractivity contribution in [2.45, 2.75) is 38.2 Å². The van der Waals surface area contributed by atoms with Crippen LogP contribution in [0.15, 0.2) is 52.2 Å². The van der Waals surface area contributed by atoms with Gasteiger partial charge < -0.3 is 19.5 Å². The number of hydrogen-bond donors (Lipinski definition) is 1. The van der Waals surface area contributed by atoms with E-state index in [0.717, 1.165) is 35.7 Å². The highest BCUT2D eigenvalue weighted by Crippen LogP contribution is 2.27. The third-order valence-electron chi connectivity index (χ3n) is 5.93. The Balaban J connectivity index is 1.40. The first-order valence-electron chi connectivity index (χ1n) is 11.3. The maximum Gasteiger partial charge on any atom is 0.251 e. The van der Waals surface area contributed by atoms with Crippen LogP contribution >= 0.6 is 11.8 Å². The molecule has 1 saturated heterocycles. The lowest BCUT2D eigenvalue weighted by atomic mass is 10.1. The Bertz CT molecular complexity index is 1160. The molecule has 0 bridgehead atoms. The highest BCUT2D eigenvalue weighted by Gasteiger charge is 2.22. The minimum absolute atomic E-state index is 0.114. The number of amides is 2. The van der Waals surface area contributed by atoms with Crippen LogP contribution < -0.4 is 10.2 Å². The molecule has 178 valence electrons. The molecule has 1 fully saturated rings. The van der Waals surface area contributed by atoms with Crippen LogP contribution in [0.1, 0.15) is 39.9 Å². The molecule has 1 N–H and O–H groups in total. The van der Waals surface area contributed by atoms with Crippen LogP contribution in [0.5, 0.6) is 0 Å². The van der Waals surface area contributed by atoms with Gasteiger partial charge in [0.25, 0.3) is 5.91 Å². The fourth-order valence-corrected chi connectivity index (χ4v) is 4.65. The lowest BCUT2D eigenvalue weighted by Gasteiger charge is -2.35. The first-order valence-corrected chi connectivity index (χ1v) is 12.3. The van der Waals surface area contributed by atoms with Gasteiger partial charge in [0.05, 0.1) is 12.8 Å². The van der Waals surface area contributed by atoms with Gasteiger partial charge in [-0.25, -0.2) is 9.97 Å². The fourth-order valence-electron chi connectivity index (χ4n) is 3.83. The Morgan fingerprint density at radius 2 is 1.88 bits per heavy atom. The van der Waals surface area contributed by atoms with Gasteiger partial charge in [-0.15, -0.1) is 0 Å². The molecule has 0 saturated carbocycles. The van der Waals surface area contributed by atoms with Crippen LogP contribution in [0.3, 0.4) is 0 Å². The third kappa shape index (κ3) is 5.77. The van der Waals surface area contributed by atoms with E-state index in [0.29, 0.717) is 41.9 Å². The molecule has 2 amide bonds. The van der Waals surface area contributed by atoms with E-state index in [4.69, 9.17) is 9.40 Å². The highest BCUT2D eigenvalue weighted by molar-refractivity contribution is 7.98. The Morgan fingerprint density at radius 3 is 2.59 bits per heavy atom. The number of hydrogen-bond acceptors (Lipinski definition) is 7. The molecule has 0 aliphatic carbocycles. The van der Waals surface area contributed by atoms with Gasteiger partial charge in [0, 0.05) is 55.7 Å². The lowest BCUT2D eigenvalue weighted by Crippen LogP contribution is -2.48. The van der Waals surface area contributed by atoms with Gasteiger partial charge in [-0.3, -0.25) is 9.59 Å².